The SMILES string of the molecule is CC(NC(=O)Cn1c(COc2ccccc2)nc2ccccc21)c1ccccc1. The van der Waals surface area contributed by atoms with Gasteiger partial charge in [-0.3, -0.25) is 4.79 Å². The molecular formula is C24H23N3O2. The minimum Gasteiger partial charge on any atom is -0.486 e. The van der Waals surface area contributed by atoms with Crippen LogP contribution < -0.4 is 10.1 Å². The molecule has 0 radical (unpaired) electrons. The number of carbonyl (C=O) groups excluding carboxylic acids is 1. The highest BCUT2D eigenvalue weighted by Crippen LogP contribution is 2.19. The van der Waals surface area contributed by atoms with E-state index in [0.717, 1.165) is 28.2 Å². The fourth-order valence-electron chi connectivity index (χ4n) is 3.33. The molecule has 0 aliphatic rings. The number of imidazole rings is 1. The third-order valence-corrected chi connectivity index (χ3v) is 4.82. The van der Waals surface area contributed by atoms with Gasteiger partial charge in [0.25, 0.3) is 0 Å². The molecule has 5 nitrogen and oxygen atoms in total. The molecule has 1 N–H and O–H groups in total. The molecule has 1 heterocycles. The first-order valence-corrected chi connectivity index (χ1v) is 9.67. The van der Waals surface area contributed by atoms with Crippen LogP contribution >= 0.6 is 0 Å². The minimum absolute atomic E-state index is 0.0644. The number of benzene rings is 3. The Hall–Kier alpha value is -3.60. The van der Waals surface area contributed by atoms with Gasteiger partial charge in [0, 0.05) is 0 Å². The summed E-state index contributed by atoms with van der Waals surface area (Å²) in [4.78, 5) is 17.4. The normalized spacial score (nSPS) is 11.9. The van der Waals surface area contributed by atoms with E-state index in [2.05, 4.69) is 10.3 Å². The molecule has 1 atom stereocenters. The summed E-state index contributed by atoms with van der Waals surface area (Å²) in [6.07, 6.45) is 0. The number of nitrogens with one attached hydrogen (secondary N) is 1. The van der Waals surface area contributed by atoms with Crippen LogP contribution in [0.25, 0.3) is 11.0 Å². The summed E-state index contributed by atoms with van der Waals surface area (Å²) in [6, 6.07) is 27.3. The van der Waals surface area contributed by atoms with Crippen molar-refractivity contribution in [1.29, 1.82) is 0 Å². The standard InChI is InChI=1S/C24H23N3O2/c1-18(19-10-4-2-5-11-19)25-24(28)16-27-22-15-9-8-14-21(22)26-23(27)17-29-20-12-6-3-7-13-20/h2-15,18H,16-17H2,1H3,(H,25,28). The van der Waals surface area contributed by atoms with E-state index in [0.29, 0.717) is 6.61 Å². The lowest BCUT2D eigenvalue weighted by molar-refractivity contribution is -0.122. The number of para-hydroxylation sites is 3. The Morgan fingerprint density at radius 3 is 2.38 bits per heavy atom. The van der Waals surface area contributed by atoms with Crippen molar-refractivity contribution in [2.75, 3.05) is 0 Å². The van der Waals surface area contributed by atoms with Gasteiger partial charge in [-0.2, -0.15) is 0 Å². The summed E-state index contributed by atoms with van der Waals surface area (Å²) < 4.78 is 7.80. The van der Waals surface area contributed by atoms with Gasteiger partial charge in [0.15, 0.2) is 0 Å². The fraction of sp³-hybridized carbons (Fsp3) is 0.167. The molecule has 1 amide bonds. The number of carbonyl (C=O) groups is 1. The van der Waals surface area contributed by atoms with Crippen LogP contribution in [0.3, 0.4) is 0 Å². The second kappa shape index (κ2) is 8.61. The van der Waals surface area contributed by atoms with Crippen LogP contribution in [0, 0.1) is 0 Å². The summed E-state index contributed by atoms with van der Waals surface area (Å²) in [7, 11) is 0. The average molecular weight is 385 g/mol. The van der Waals surface area contributed by atoms with Crippen molar-refractivity contribution in [3.8, 4) is 5.75 Å². The molecule has 1 unspecified atom stereocenters. The van der Waals surface area contributed by atoms with Crippen LogP contribution in [0.1, 0.15) is 24.4 Å². The van der Waals surface area contributed by atoms with Crippen LogP contribution in [0.5, 0.6) is 5.75 Å². The van der Waals surface area contributed by atoms with Gasteiger partial charge >= 0.3 is 0 Å². The highest BCUT2D eigenvalue weighted by molar-refractivity contribution is 5.81. The van der Waals surface area contributed by atoms with E-state index in [1.807, 2.05) is 96.4 Å². The molecule has 0 bridgehead atoms. The summed E-state index contributed by atoms with van der Waals surface area (Å²) in [5.41, 5.74) is 2.84. The molecule has 0 fully saturated rings. The van der Waals surface area contributed by atoms with Crippen LogP contribution in [0.2, 0.25) is 0 Å². The molecule has 0 saturated heterocycles. The molecule has 1 aromatic heterocycles. The van der Waals surface area contributed by atoms with E-state index in [-0.39, 0.29) is 18.5 Å². The van der Waals surface area contributed by atoms with Gasteiger partial charge < -0.3 is 14.6 Å². The smallest absolute Gasteiger partial charge is 0.240 e. The largest absolute Gasteiger partial charge is 0.486 e. The summed E-state index contributed by atoms with van der Waals surface area (Å²) in [5.74, 6) is 1.43. The summed E-state index contributed by atoms with van der Waals surface area (Å²) >= 11 is 0. The summed E-state index contributed by atoms with van der Waals surface area (Å²) in [6.45, 7) is 2.46. The highest BCUT2D eigenvalue weighted by atomic mass is 16.5. The number of hydrogen-bond acceptors (Lipinski definition) is 3. The van der Waals surface area contributed by atoms with Gasteiger partial charge in [0.2, 0.25) is 5.91 Å². The first-order chi connectivity index (χ1) is 14.2. The van der Waals surface area contributed by atoms with Crippen molar-refractivity contribution in [3.05, 3.63) is 96.3 Å². The first-order valence-electron chi connectivity index (χ1n) is 9.67. The quantitative estimate of drug-likeness (QED) is 0.510. The monoisotopic (exact) mass is 385 g/mol. The van der Waals surface area contributed by atoms with Gasteiger partial charge in [0.05, 0.1) is 17.1 Å². The maximum atomic E-state index is 12.8. The Bertz CT molecular complexity index is 1090. The minimum atomic E-state index is -0.0671. The van der Waals surface area contributed by atoms with Crippen LogP contribution in [0.15, 0.2) is 84.9 Å². The van der Waals surface area contributed by atoms with Crippen molar-refractivity contribution >= 4 is 16.9 Å². The van der Waals surface area contributed by atoms with E-state index < -0.39 is 0 Å². The van der Waals surface area contributed by atoms with Gasteiger partial charge in [-0.1, -0.05) is 60.7 Å². The lowest BCUT2D eigenvalue weighted by Crippen LogP contribution is -2.30. The summed E-state index contributed by atoms with van der Waals surface area (Å²) in [5, 5.41) is 3.07. The van der Waals surface area contributed by atoms with Gasteiger partial charge in [0.1, 0.15) is 24.7 Å². The lowest BCUT2D eigenvalue weighted by atomic mass is 10.1. The number of aromatic nitrogens is 2. The van der Waals surface area contributed by atoms with Crippen LogP contribution in [-0.2, 0) is 17.9 Å². The third-order valence-electron chi connectivity index (χ3n) is 4.82. The van der Waals surface area contributed by atoms with Crippen molar-refractivity contribution in [2.24, 2.45) is 0 Å². The van der Waals surface area contributed by atoms with Crippen LogP contribution in [0.4, 0.5) is 0 Å². The van der Waals surface area contributed by atoms with Gasteiger partial charge in [-0.15, -0.1) is 0 Å². The zero-order chi connectivity index (χ0) is 20.1. The highest BCUT2D eigenvalue weighted by Gasteiger charge is 2.16. The molecule has 5 heteroatoms. The van der Waals surface area contributed by atoms with Gasteiger partial charge in [-0.25, -0.2) is 4.98 Å². The van der Waals surface area contributed by atoms with E-state index in [1.54, 1.807) is 0 Å². The Morgan fingerprint density at radius 2 is 1.62 bits per heavy atom. The predicted molar refractivity (Wildman–Crippen MR) is 114 cm³/mol. The molecule has 29 heavy (non-hydrogen) atoms. The van der Waals surface area contributed by atoms with E-state index >= 15 is 0 Å². The second-order valence-electron chi connectivity index (χ2n) is 6.90. The Labute approximate surface area is 170 Å². The topological polar surface area (TPSA) is 56.2 Å². The average Bonchev–Trinajstić information content (AvgIpc) is 3.11. The number of ether oxygens (including phenoxy) is 1. The van der Waals surface area contributed by atoms with E-state index in [4.69, 9.17) is 4.74 Å². The molecule has 0 aliphatic carbocycles. The molecule has 4 aromatic rings. The fourth-order valence-corrected chi connectivity index (χ4v) is 3.33. The maximum absolute atomic E-state index is 12.8. The Balaban J connectivity index is 1.53. The Kier molecular flexibility index (Phi) is 5.56. The molecule has 0 saturated carbocycles. The van der Waals surface area contributed by atoms with Crippen molar-refractivity contribution in [1.82, 2.24) is 14.9 Å². The molecule has 0 aliphatic heterocycles. The van der Waals surface area contributed by atoms with Crippen molar-refractivity contribution in [2.45, 2.75) is 26.1 Å². The molecule has 3 aromatic carbocycles. The number of rotatable bonds is 7. The molecule has 4 rings (SSSR count). The van der Waals surface area contributed by atoms with Gasteiger partial charge in [-0.05, 0) is 36.8 Å². The number of hydrogen-bond donors (Lipinski definition) is 1. The zero-order valence-electron chi connectivity index (χ0n) is 16.3. The van der Waals surface area contributed by atoms with Crippen LogP contribution in [-0.4, -0.2) is 15.5 Å². The molecule has 0 spiro atoms. The van der Waals surface area contributed by atoms with Crippen molar-refractivity contribution < 1.29 is 9.53 Å². The molecule has 146 valence electrons. The molecular weight excluding hydrogens is 362 g/mol. The zero-order valence-corrected chi connectivity index (χ0v) is 16.3. The number of fused-ring (bicyclic) bond motifs is 1. The van der Waals surface area contributed by atoms with Crippen molar-refractivity contribution in [3.63, 3.8) is 0 Å². The maximum Gasteiger partial charge on any atom is 0.240 e. The van der Waals surface area contributed by atoms with E-state index in [9.17, 15) is 4.79 Å². The van der Waals surface area contributed by atoms with E-state index in [1.165, 1.54) is 0 Å². The number of nitrogens with zero attached hydrogens (tertiary/aromatic N) is 2. The second-order valence-corrected chi connectivity index (χ2v) is 6.90. The third kappa shape index (κ3) is 4.46. The predicted octanol–water partition coefficient (Wildman–Crippen LogP) is 4.49. The Morgan fingerprint density at radius 1 is 0.966 bits per heavy atom. The first kappa shape index (κ1) is 18.7. The number of amides is 1. The lowest BCUT2D eigenvalue weighted by Gasteiger charge is -2.16.